The zero-order chi connectivity index (χ0) is 13.9. The second-order valence-electron chi connectivity index (χ2n) is 4.97. The van der Waals surface area contributed by atoms with Gasteiger partial charge in [0.2, 0.25) is 5.13 Å². The Hall–Kier alpha value is -1.11. The van der Waals surface area contributed by atoms with E-state index < -0.39 is 5.60 Å². The van der Waals surface area contributed by atoms with Crippen LogP contribution in [0, 0.1) is 6.92 Å². The lowest BCUT2D eigenvalue weighted by molar-refractivity contribution is 0.107. The number of nitrogens with zero attached hydrogens (tertiary/aromatic N) is 2. The second kappa shape index (κ2) is 5.90. The normalized spacial score (nSPS) is 11.6. The third-order valence-electron chi connectivity index (χ3n) is 2.22. The van der Waals surface area contributed by atoms with Gasteiger partial charge in [0.05, 0.1) is 5.60 Å². The Labute approximate surface area is 121 Å². The average Bonchev–Trinajstić information content (AvgIpc) is 2.73. The molecule has 0 aliphatic carbocycles. The monoisotopic (exact) mass is 295 g/mol. The molecule has 0 aliphatic heterocycles. The summed E-state index contributed by atoms with van der Waals surface area (Å²) in [5.41, 5.74) is 1.52. The number of aromatic nitrogens is 2. The lowest BCUT2D eigenvalue weighted by Crippen LogP contribution is -2.21. The van der Waals surface area contributed by atoms with Crippen molar-refractivity contribution < 1.29 is 5.11 Å². The molecular formula is C13H17N3OS2. The van der Waals surface area contributed by atoms with E-state index >= 15 is 0 Å². The summed E-state index contributed by atoms with van der Waals surface area (Å²) in [6, 6.07) is 8.11. The van der Waals surface area contributed by atoms with Crippen LogP contribution in [0.5, 0.6) is 0 Å². The van der Waals surface area contributed by atoms with Crippen LogP contribution < -0.4 is 5.32 Å². The Kier molecular flexibility index (Phi) is 4.44. The summed E-state index contributed by atoms with van der Waals surface area (Å²) < 4.78 is 0.859. The van der Waals surface area contributed by atoms with Gasteiger partial charge in [-0.05, 0) is 38.5 Å². The molecule has 0 fully saturated rings. The van der Waals surface area contributed by atoms with E-state index in [1.54, 1.807) is 13.8 Å². The van der Waals surface area contributed by atoms with E-state index in [1.807, 2.05) is 12.1 Å². The highest BCUT2D eigenvalue weighted by Crippen LogP contribution is 2.29. The summed E-state index contributed by atoms with van der Waals surface area (Å²) in [5.74, 6) is 0.603. The summed E-state index contributed by atoms with van der Waals surface area (Å²) in [6.45, 7) is 5.62. The van der Waals surface area contributed by atoms with E-state index in [-0.39, 0.29) is 0 Å². The Morgan fingerprint density at radius 1 is 1.37 bits per heavy atom. The molecule has 19 heavy (non-hydrogen) atoms. The molecule has 0 aliphatic rings. The highest BCUT2D eigenvalue weighted by molar-refractivity contribution is 8.01. The minimum atomic E-state index is -0.694. The third kappa shape index (κ3) is 4.81. The fourth-order valence-corrected chi connectivity index (χ4v) is 3.13. The molecule has 0 amide bonds. The van der Waals surface area contributed by atoms with Crippen molar-refractivity contribution in [2.45, 2.75) is 30.7 Å². The van der Waals surface area contributed by atoms with E-state index in [0.29, 0.717) is 5.75 Å². The zero-order valence-electron chi connectivity index (χ0n) is 11.2. The summed E-state index contributed by atoms with van der Waals surface area (Å²) in [5, 5.41) is 21.9. The first-order valence-electron chi connectivity index (χ1n) is 5.95. The van der Waals surface area contributed by atoms with Gasteiger partial charge in [-0.1, -0.05) is 35.2 Å². The molecule has 2 N–H and O–H groups in total. The van der Waals surface area contributed by atoms with E-state index in [4.69, 9.17) is 0 Å². The molecule has 0 saturated heterocycles. The molecule has 0 unspecified atom stereocenters. The fourth-order valence-electron chi connectivity index (χ4n) is 1.40. The quantitative estimate of drug-likeness (QED) is 0.827. The predicted molar refractivity (Wildman–Crippen MR) is 81.4 cm³/mol. The standard InChI is InChI=1S/C13H17N3OS2/c1-9-5-4-6-10(7-9)14-11-15-16-12(19-11)18-8-13(2,3)17/h4-7,17H,8H2,1-3H3,(H,14,15). The largest absolute Gasteiger partial charge is 0.390 e. The number of nitrogens with one attached hydrogen (secondary N) is 1. The van der Waals surface area contributed by atoms with Gasteiger partial charge in [-0.15, -0.1) is 10.2 Å². The van der Waals surface area contributed by atoms with Gasteiger partial charge in [0.25, 0.3) is 0 Å². The van der Waals surface area contributed by atoms with Crippen LogP contribution in [0.2, 0.25) is 0 Å². The van der Waals surface area contributed by atoms with Crippen LogP contribution in [-0.4, -0.2) is 26.7 Å². The first kappa shape index (κ1) is 14.3. The highest BCUT2D eigenvalue weighted by Gasteiger charge is 2.15. The lowest BCUT2D eigenvalue weighted by atomic mass is 10.2. The van der Waals surface area contributed by atoms with Gasteiger partial charge < -0.3 is 10.4 Å². The summed E-state index contributed by atoms with van der Waals surface area (Å²) in [4.78, 5) is 0. The molecule has 1 heterocycles. The van der Waals surface area contributed by atoms with Gasteiger partial charge in [-0.25, -0.2) is 0 Å². The predicted octanol–water partition coefficient (Wildman–Crippen LogP) is 3.45. The average molecular weight is 295 g/mol. The minimum absolute atomic E-state index is 0.603. The molecule has 0 spiro atoms. The van der Waals surface area contributed by atoms with Crippen molar-refractivity contribution in [1.82, 2.24) is 10.2 Å². The molecule has 6 heteroatoms. The SMILES string of the molecule is Cc1cccc(Nc2nnc(SCC(C)(C)O)s2)c1. The maximum absolute atomic E-state index is 9.67. The van der Waals surface area contributed by atoms with Crippen LogP contribution in [0.1, 0.15) is 19.4 Å². The van der Waals surface area contributed by atoms with Crippen molar-refractivity contribution in [1.29, 1.82) is 0 Å². The van der Waals surface area contributed by atoms with Gasteiger partial charge >= 0.3 is 0 Å². The minimum Gasteiger partial charge on any atom is -0.390 e. The Morgan fingerprint density at radius 3 is 2.84 bits per heavy atom. The molecule has 2 rings (SSSR count). The van der Waals surface area contributed by atoms with Gasteiger partial charge in [0, 0.05) is 11.4 Å². The zero-order valence-corrected chi connectivity index (χ0v) is 12.8. The fraction of sp³-hybridized carbons (Fsp3) is 0.385. The summed E-state index contributed by atoms with van der Waals surface area (Å²) in [7, 11) is 0. The topological polar surface area (TPSA) is 58.0 Å². The van der Waals surface area contributed by atoms with E-state index in [2.05, 4.69) is 34.6 Å². The number of aryl methyl sites for hydroxylation is 1. The molecule has 4 nitrogen and oxygen atoms in total. The molecule has 1 aromatic heterocycles. The first-order chi connectivity index (χ1) is 8.92. The Balaban J connectivity index is 1.97. The summed E-state index contributed by atoms with van der Waals surface area (Å²) >= 11 is 3.01. The highest BCUT2D eigenvalue weighted by atomic mass is 32.2. The second-order valence-corrected chi connectivity index (χ2v) is 7.17. The molecule has 1 aromatic carbocycles. The molecular weight excluding hydrogens is 278 g/mol. The van der Waals surface area contributed by atoms with Crippen LogP contribution in [0.15, 0.2) is 28.6 Å². The van der Waals surface area contributed by atoms with Crippen molar-refractivity contribution in [3.63, 3.8) is 0 Å². The number of rotatable bonds is 5. The van der Waals surface area contributed by atoms with Crippen LogP contribution >= 0.6 is 23.1 Å². The van der Waals surface area contributed by atoms with Gasteiger partial charge in [-0.2, -0.15) is 0 Å². The van der Waals surface area contributed by atoms with Crippen molar-refractivity contribution in [2.75, 3.05) is 11.1 Å². The van der Waals surface area contributed by atoms with Crippen LogP contribution in [0.3, 0.4) is 0 Å². The number of aliphatic hydroxyl groups is 1. The number of thioether (sulfide) groups is 1. The van der Waals surface area contributed by atoms with Crippen molar-refractivity contribution in [3.05, 3.63) is 29.8 Å². The van der Waals surface area contributed by atoms with Crippen LogP contribution in [-0.2, 0) is 0 Å². The first-order valence-corrected chi connectivity index (χ1v) is 7.75. The van der Waals surface area contributed by atoms with Crippen molar-refractivity contribution >= 4 is 33.9 Å². The van der Waals surface area contributed by atoms with Crippen LogP contribution in [0.25, 0.3) is 0 Å². The number of benzene rings is 1. The Bertz CT molecular complexity index is 549. The van der Waals surface area contributed by atoms with Crippen molar-refractivity contribution in [2.24, 2.45) is 0 Å². The number of hydrogen-bond donors (Lipinski definition) is 2. The van der Waals surface area contributed by atoms with Gasteiger partial charge in [0.1, 0.15) is 0 Å². The third-order valence-corrected chi connectivity index (χ3v) is 4.64. The Morgan fingerprint density at radius 2 is 2.16 bits per heavy atom. The van der Waals surface area contributed by atoms with Gasteiger partial charge in [-0.3, -0.25) is 0 Å². The van der Waals surface area contributed by atoms with E-state index in [1.165, 1.54) is 28.7 Å². The molecule has 0 radical (unpaired) electrons. The molecule has 2 aromatic rings. The van der Waals surface area contributed by atoms with Gasteiger partial charge in [0.15, 0.2) is 4.34 Å². The molecule has 102 valence electrons. The number of anilines is 2. The van der Waals surface area contributed by atoms with E-state index in [0.717, 1.165) is 15.2 Å². The maximum atomic E-state index is 9.67. The molecule has 0 atom stereocenters. The smallest absolute Gasteiger partial charge is 0.210 e. The summed E-state index contributed by atoms with van der Waals surface area (Å²) in [6.07, 6.45) is 0. The number of hydrogen-bond acceptors (Lipinski definition) is 6. The maximum Gasteiger partial charge on any atom is 0.210 e. The van der Waals surface area contributed by atoms with E-state index in [9.17, 15) is 5.11 Å². The van der Waals surface area contributed by atoms with Crippen molar-refractivity contribution in [3.8, 4) is 0 Å². The molecule has 0 saturated carbocycles. The molecule has 0 bridgehead atoms. The van der Waals surface area contributed by atoms with Crippen LogP contribution in [0.4, 0.5) is 10.8 Å². The lowest BCUT2D eigenvalue weighted by Gasteiger charge is -2.14.